The van der Waals surface area contributed by atoms with Crippen LogP contribution in [0.15, 0.2) is 12.1 Å². The van der Waals surface area contributed by atoms with Crippen molar-refractivity contribution < 1.29 is 14.7 Å². The number of carboxylic acids is 1. The van der Waals surface area contributed by atoms with Gasteiger partial charge in [-0.3, -0.25) is 4.79 Å². The molecule has 0 unspecified atom stereocenters. The first-order valence-electron chi connectivity index (χ1n) is 6.00. The summed E-state index contributed by atoms with van der Waals surface area (Å²) in [6.07, 6.45) is 2.98. The highest BCUT2D eigenvalue weighted by Gasteiger charge is 2.21. The van der Waals surface area contributed by atoms with E-state index < -0.39 is 5.97 Å². The summed E-state index contributed by atoms with van der Waals surface area (Å²) in [5.74, 6) is -0.939. The van der Waals surface area contributed by atoms with Crippen LogP contribution in [-0.4, -0.2) is 11.8 Å². The Morgan fingerprint density at radius 2 is 2.12 bits per heavy atom. The van der Waals surface area contributed by atoms with E-state index in [1.165, 1.54) is 0 Å². The molecule has 0 saturated carbocycles. The molecule has 17 heavy (non-hydrogen) atoms. The van der Waals surface area contributed by atoms with Crippen LogP contribution < -0.4 is 5.11 Å². The van der Waals surface area contributed by atoms with E-state index in [1.54, 1.807) is 0 Å². The number of carbonyl (C=O) groups is 2. The van der Waals surface area contributed by atoms with Gasteiger partial charge in [-0.2, -0.15) is 0 Å². The van der Waals surface area contributed by atoms with Gasteiger partial charge < -0.3 is 9.90 Å². The van der Waals surface area contributed by atoms with Crippen molar-refractivity contribution in [3.05, 3.63) is 34.4 Å². The molecule has 0 bridgehead atoms. The average molecular weight is 231 g/mol. The van der Waals surface area contributed by atoms with Crippen LogP contribution in [0.25, 0.3) is 0 Å². The minimum absolute atomic E-state index is 0.107. The highest BCUT2D eigenvalue weighted by Crippen LogP contribution is 2.27. The molecule has 0 radical (unpaired) electrons. The first kappa shape index (κ1) is 11.8. The predicted molar refractivity (Wildman–Crippen MR) is 61.8 cm³/mol. The number of ketones is 1. The van der Waals surface area contributed by atoms with Gasteiger partial charge >= 0.3 is 0 Å². The van der Waals surface area contributed by atoms with E-state index in [1.807, 2.05) is 19.1 Å². The van der Waals surface area contributed by atoms with Gasteiger partial charge in [0.25, 0.3) is 0 Å². The zero-order chi connectivity index (χ0) is 12.4. The van der Waals surface area contributed by atoms with Crippen LogP contribution in [0.3, 0.4) is 0 Å². The Morgan fingerprint density at radius 1 is 1.35 bits per heavy atom. The van der Waals surface area contributed by atoms with Crippen molar-refractivity contribution in [1.82, 2.24) is 0 Å². The van der Waals surface area contributed by atoms with Crippen molar-refractivity contribution >= 4 is 11.8 Å². The summed E-state index contributed by atoms with van der Waals surface area (Å²) in [6, 6.07) is 3.72. The quantitative estimate of drug-likeness (QED) is 0.781. The van der Waals surface area contributed by atoms with Gasteiger partial charge in [-0.05, 0) is 36.0 Å². The van der Waals surface area contributed by atoms with E-state index in [0.717, 1.165) is 35.1 Å². The van der Waals surface area contributed by atoms with Crippen molar-refractivity contribution in [1.29, 1.82) is 0 Å². The molecular formula is C14H15O3-. The lowest BCUT2D eigenvalue weighted by Crippen LogP contribution is -2.26. The minimum Gasteiger partial charge on any atom is -0.550 e. The fourth-order valence-corrected chi connectivity index (χ4v) is 2.58. The highest BCUT2D eigenvalue weighted by molar-refractivity contribution is 6.00. The number of hydrogen-bond acceptors (Lipinski definition) is 3. The van der Waals surface area contributed by atoms with Gasteiger partial charge in [-0.15, -0.1) is 0 Å². The third-order valence-electron chi connectivity index (χ3n) is 3.31. The lowest BCUT2D eigenvalue weighted by molar-refractivity contribution is -0.304. The number of hydrogen-bond donors (Lipinski definition) is 0. The smallest absolute Gasteiger partial charge is 0.163 e. The molecule has 3 nitrogen and oxygen atoms in total. The van der Waals surface area contributed by atoms with E-state index in [-0.39, 0.29) is 12.2 Å². The van der Waals surface area contributed by atoms with Gasteiger partial charge in [-0.25, -0.2) is 0 Å². The largest absolute Gasteiger partial charge is 0.550 e. The van der Waals surface area contributed by atoms with E-state index in [0.29, 0.717) is 12.8 Å². The number of aliphatic carboxylic acids is 1. The van der Waals surface area contributed by atoms with Crippen LogP contribution in [0.4, 0.5) is 0 Å². The van der Waals surface area contributed by atoms with E-state index in [4.69, 9.17) is 0 Å². The normalized spacial score (nSPS) is 14.5. The van der Waals surface area contributed by atoms with Crippen molar-refractivity contribution in [2.45, 2.75) is 39.0 Å². The maximum Gasteiger partial charge on any atom is 0.163 e. The topological polar surface area (TPSA) is 57.2 Å². The molecule has 0 heterocycles. The second-order valence-electron chi connectivity index (χ2n) is 4.42. The van der Waals surface area contributed by atoms with Crippen LogP contribution >= 0.6 is 0 Å². The van der Waals surface area contributed by atoms with Gasteiger partial charge in [0.15, 0.2) is 5.78 Å². The maximum atomic E-state index is 11.9. The Bertz CT molecular complexity index is 475. The lowest BCUT2D eigenvalue weighted by atomic mass is 9.83. The van der Waals surface area contributed by atoms with Gasteiger partial charge in [0, 0.05) is 24.4 Å². The summed E-state index contributed by atoms with van der Waals surface area (Å²) in [6.45, 7) is 1.95. The Morgan fingerprint density at radius 3 is 2.76 bits per heavy atom. The Labute approximate surface area is 100 Å². The fourth-order valence-electron chi connectivity index (χ4n) is 2.58. The van der Waals surface area contributed by atoms with Crippen molar-refractivity contribution in [2.75, 3.05) is 0 Å². The van der Waals surface area contributed by atoms with Crippen molar-refractivity contribution in [2.24, 2.45) is 0 Å². The first-order valence-corrected chi connectivity index (χ1v) is 6.00. The number of Topliss-reactive ketones (excluding diaryl/α,β-unsaturated/α-hetero) is 1. The second-order valence-corrected chi connectivity index (χ2v) is 4.42. The molecule has 0 fully saturated rings. The number of fused-ring (bicyclic) bond motifs is 1. The SMILES string of the molecule is CCc1c(CC(=O)[O-])ccc2c1C(=O)CCC2. The molecule has 0 saturated heterocycles. The summed E-state index contributed by atoms with van der Waals surface area (Å²) < 4.78 is 0. The highest BCUT2D eigenvalue weighted by atomic mass is 16.4. The summed E-state index contributed by atoms with van der Waals surface area (Å²) in [7, 11) is 0. The zero-order valence-corrected chi connectivity index (χ0v) is 9.91. The monoisotopic (exact) mass is 231 g/mol. The first-order chi connectivity index (χ1) is 8.13. The Balaban J connectivity index is 2.53. The molecule has 1 aliphatic carbocycles. The van der Waals surface area contributed by atoms with Crippen molar-refractivity contribution in [3.8, 4) is 0 Å². The standard InChI is InChI=1S/C14H16O3/c1-2-11-10(8-13(16)17)7-6-9-4-3-5-12(15)14(9)11/h6-7H,2-5,8H2,1H3,(H,16,17)/p-1. The molecule has 0 atom stereocenters. The molecule has 0 aliphatic heterocycles. The minimum atomic E-state index is -1.09. The number of rotatable bonds is 3. The van der Waals surface area contributed by atoms with Crippen LogP contribution in [0.5, 0.6) is 0 Å². The molecule has 0 amide bonds. The Kier molecular flexibility index (Phi) is 3.27. The van der Waals surface area contributed by atoms with Crippen LogP contribution in [0.1, 0.15) is 46.8 Å². The third-order valence-corrected chi connectivity index (χ3v) is 3.31. The molecule has 0 aromatic heterocycles. The molecule has 2 rings (SSSR count). The average Bonchev–Trinajstić information content (AvgIpc) is 2.29. The zero-order valence-electron chi connectivity index (χ0n) is 9.91. The fraction of sp³-hybridized carbons (Fsp3) is 0.429. The molecule has 1 aromatic rings. The number of benzene rings is 1. The third kappa shape index (κ3) is 2.23. The molecule has 90 valence electrons. The molecule has 1 aliphatic rings. The summed E-state index contributed by atoms with van der Waals surface area (Å²) >= 11 is 0. The Hall–Kier alpha value is -1.64. The summed E-state index contributed by atoms with van der Waals surface area (Å²) in [5.41, 5.74) is 3.47. The number of carboxylic acid groups (broad SMARTS) is 1. The van der Waals surface area contributed by atoms with E-state index in [9.17, 15) is 14.7 Å². The number of aryl methyl sites for hydroxylation is 1. The van der Waals surface area contributed by atoms with E-state index in [2.05, 4.69) is 0 Å². The molecule has 0 N–H and O–H groups in total. The number of carbonyl (C=O) groups excluding carboxylic acids is 2. The van der Waals surface area contributed by atoms with Gasteiger partial charge in [0.1, 0.15) is 0 Å². The second kappa shape index (κ2) is 4.70. The lowest BCUT2D eigenvalue weighted by Gasteiger charge is -2.21. The van der Waals surface area contributed by atoms with Gasteiger partial charge in [-0.1, -0.05) is 19.1 Å². The van der Waals surface area contributed by atoms with Gasteiger partial charge in [0.2, 0.25) is 0 Å². The molecule has 0 spiro atoms. The molecule has 1 aromatic carbocycles. The van der Waals surface area contributed by atoms with Crippen LogP contribution in [0.2, 0.25) is 0 Å². The molecule has 3 heteroatoms. The van der Waals surface area contributed by atoms with Gasteiger partial charge in [0.05, 0.1) is 0 Å². The maximum absolute atomic E-state index is 11.9. The van der Waals surface area contributed by atoms with E-state index >= 15 is 0 Å². The van der Waals surface area contributed by atoms with Crippen molar-refractivity contribution in [3.63, 3.8) is 0 Å². The predicted octanol–water partition coefficient (Wildman–Crippen LogP) is 1.06. The van der Waals surface area contributed by atoms with Crippen LogP contribution in [-0.2, 0) is 24.1 Å². The molecular weight excluding hydrogens is 216 g/mol. The summed E-state index contributed by atoms with van der Waals surface area (Å²) in [5, 5.41) is 10.7. The van der Waals surface area contributed by atoms with Crippen LogP contribution in [0, 0.1) is 0 Å². The summed E-state index contributed by atoms with van der Waals surface area (Å²) in [4.78, 5) is 22.6.